The zero-order chi connectivity index (χ0) is 54.6. The Morgan fingerprint density at radius 3 is 1.51 bits per heavy atom. The van der Waals surface area contributed by atoms with Crippen LogP contribution in [0.25, 0.3) is 0 Å². The SMILES string of the molecule is C#CCCC#N.Cc1cccc(CC(=O)Nc2cnc(CCCCC#N)cn2)c1.Cc1cccc(CC(=O)O)c1.N#CCCC#Cc1cnc(N)cn1.N#CCCCCc1cnc(N)cn1.Nc1cnc(Br)cn1. The first-order valence-corrected chi connectivity index (χ1v) is 23.7. The molecule has 0 fully saturated rings. The minimum atomic E-state index is -0.782. The molecule has 0 unspecified atom stereocenters. The summed E-state index contributed by atoms with van der Waals surface area (Å²) in [5.41, 5.74) is 22.4. The molecule has 2 aromatic carbocycles. The van der Waals surface area contributed by atoms with Gasteiger partial charge in [-0.25, -0.2) is 29.9 Å². The first-order chi connectivity index (χ1) is 35.7. The molecule has 8 N–H and O–H groups in total. The zero-order valence-corrected chi connectivity index (χ0v) is 43.0. The molecule has 0 aliphatic heterocycles. The van der Waals surface area contributed by atoms with E-state index in [1.54, 1.807) is 31.0 Å². The van der Waals surface area contributed by atoms with E-state index in [9.17, 15) is 9.59 Å². The fourth-order valence-corrected chi connectivity index (χ4v) is 5.58. The van der Waals surface area contributed by atoms with Crippen molar-refractivity contribution >= 4 is 51.1 Å². The number of carbonyl (C=O) groups excluding carboxylic acids is 1. The van der Waals surface area contributed by atoms with E-state index in [1.807, 2.05) is 74.5 Å². The van der Waals surface area contributed by atoms with Crippen LogP contribution in [-0.2, 0) is 35.3 Å². The maximum absolute atomic E-state index is 12.0. The van der Waals surface area contributed by atoms with Gasteiger partial charge in [0, 0.05) is 38.5 Å². The summed E-state index contributed by atoms with van der Waals surface area (Å²) in [5, 5.41) is 44.1. The number of carboxylic acid groups (broad SMARTS) is 1. The highest BCUT2D eigenvalue weighted by Crippen LogP contribution is 2.10. The molecule has 0 saturated carbocycles. The van der Waals surface area contributed by atoms with Crippen molar-refractivity contribution < 1.29 is 14.7 Å². The van der Waals surface area contributed by atoms with E-state index in [0.29, 0.717) is 78.5 Å². The number of nitrogens with zero attached hydrogens (tertiary/aromatic N) is 12. The number of rotatable bonds is 15. The Bertz CT molecular complexity index is 2800. The van der Waals surface area contributed by atoms with Gasteiger partial charge in [-0.3, -0.25) is 19.6 Å². The van der Waals surface area contributed by atoms with Crippen molar-refractivity contribution in [1.29, 1.82) is 21.0 Å². The van der Waals surface area contributed by atoms with Gasteiger partial charge in [0.15, 0.2) is 5.82 Å². The maximum atomic E-state index is 12.0. The lowest BCUT2D eigenvalue weighted by Crippen LogP contribution is -2.15. The average Bonchev–Trinajstić information content (AvgIpc) is 3.38. The number of unbranched alkanes of at least 4 members (excludes halogenated alkanes) is 6. The Labute approximate surface area is 441 Å². The van der Waals surface area contributed by atoms with Gasteiger partial charge < -0.3 is 27.6 Å². The maximum Gasteiger partial charge on any atom is 0.307 e. The van der Waals surface area contributed by atoms with Gasteiger partial charge in [-0.2, -0.15) is 21.0 Å². The second kappa shape index (κ2) is 40.4. The topological polar surface area (TPSA) is 343 Å². The molecule has 0 spiro atoms. The third-order valence-electron chi connectivity index (χ3n) is 8.80. The van der Waals surface area contributed by atoms with Gasteiger partial charge in [0.05, 0.1) is 98.1 Å². The third-order valence-corrected chi connectivity index (χ3v) is 9.21. The highest BCUT2D eigenvalue weighted by molar-refractivity contribution is 9.10. The van der Waals surface area contributed by atoms with E-state index in [-0.39, 0.29) is 12.3 Å². The molecule has 20 heteroatoms. The molecular weight excluding hydrogens is 1000 g/mol. The smallest absolute Gasteiger partial charge is 0.307 e. The number of hydrogen-bond acceptors (Lipinski definition) is 17. The second-order valence-corrected chi connectivity index (χ2v) is 16.1. The number of anilines is 4. The van der Waals surface area contributed by atoms with Crippen molar-refractivity contribution in [3.63, 3.8) is 0 Å². The highest BCUT2D eigenvalue weighted by atomic mass is 79.9. The molecule has 0 saturated heterocycles. The molecule has 380 valence electrons. The van der Waals surface area contributed by atoms with Crippen LogP contribution in [-0.4, -0.2) is 56.9 Å². The molecule has 0 atom stereocenters. The highest BCUT2D eigenvalue weighted by Gasteiger charge is 2.06. The van der Waals surface area contributed by atoms with Gasteiger partial charge >= 0.3 is 5.97 Å². The predicted octanol–water partition coefficient (Wildman–Crippen LogP) is 8.58. The van der Waals surface area contributed by atoms with Crippen molar-refractivity contribution in [1.82, 2.24) is 39.9 Å². The summed E-state index contributed by atoms with van der Waals surface area (Å²) in [6.07, 6.45) is 26.3. The number of benzene rings is 2. The van der Waals surface area contributed by atoms with Crippen molar-refractivity contribution in [3.05, 3.63) is 142 Å². The summed E-state index contributed by atoms with van der Waals surface area (Å²) >= 11 is 3.12. The lowest BCUT2D eigenvalue weighted by atomic mass is 10.1. The third kappa shape index (κ3) is 34.0. The summed E-state index contributed by atoms with van der Waals surface area (Å²) in [7, 11) is 0. The van der Waals surface area contributed by atoms with Gasteiger partial charge in [-0.1, -0.05) is 65.6 Å². The van der Waals surface area contributed by atoms with Crippen molar-refractivity contribution in [2.45, 2.75) is 104 Å². The molecule has 0 aliphatic rings. The Morgan fingerprint density at radius 2 is 1.09 bits per heavy atom. The Kier molecular flexibility index (Phi) is 34.2. The number of nitrogen functional groups attached to an aromatic ring is 3. The molecule has 19 nitrogen and oxygen atoms in total. The standard InChI is InChI=1S/C18H20N4O.C9H12N4.C9H8N4.C9H10O2.C5H5N.C4H4BrN3/c1-14-6-5-7-15(10-14)11-18(23)22-17-13-20-16(12-21-17)8-3-2-4-9-19;2*10-5-3-1-2-4-8-6-13-9(11)7-12-8;1-7-3-2-4-8(5-7)6-9(10)11;1-2-3-4-5-6;5-3-1-8-4(6)2-7-3/h5-7,10,12-13H,2-4,8,11H2,1H3,(H,21,22,23);6-7H,1-4H2,(H2,11,13);6-7H,1,3H2,(H2,11,13);2-5H,6H2,1H3,(H,10,11);1H,3-4H2;1-2H,(H2,6,8). The number of carboxylic acids is 1. The number of halogens is 1. The van der Waals surface area contributed by atoms with Crippen LogP contribution in [0.4, 0.5) is 23.3 Å². The number of amides is 1. The summed E-state index contributed by atoms with van der Waals surface area (Å²) in [6, 6.07) is 23.6. The lowest BCUT2D eigenvalue weighted by molar-refractivity contribution is -0.136. The minimum Gasteiger partial charge on any atom is -0.481 e. The fourth-order valence-electron chi connectivity index (χ4n) is 5.38. The lowest BCUT2D eigenvalue weighted by Gasteiger charge is -2.06. The first kappa shape index (κ1) is 62.7. The van der Waals surface area contributed by atoms with E-state index < -0.39 is 5.97 Å². The molecule has 74 heavy (non-hydrogen) atoms. The van der Waals surface area contributed by atoms with Crippen LogP contribution in [0.1, 0.15) is 104 Å². The average molecular weight is 1060 g/mol. The number of aryl methyl sites for hydroxylation is 4. The summed E-state index contributed by atoms with van der Waals surface area (Å²) < 4.78 is 0.701. The number of terminal acetylenes is 1. The van der Waals surface area contributed by atoms with Crippen molar-refractivity contribution in [2.75, 3.05) is 22.5 Å². The van der Waals surface area contributed by atoms with E-state index in [2.05, 4.69) is 91.0 Å². The number of hydrogen-bond donors (Lipinski definition) is 5. The summed E-state index contributed by atoms with van der Waals surface area (Å²) in [5.74, 6) is 8.76. The monoisotopic (exact) mass is 1060 g/mol. The number of aromatic nitrogens is 8. The molecule has 0 aliphatic carbocycles. The number of carbonyl (C=O) groups is 2. The van der Waals surface area contributed by atoms with Crippen molar-refractivity contribution in [2.24, 2.45) is 0 Å². The van der Waals surface area contributed by atoms with E-state index >= 15 is 0 Å². The van der Waals surface area contributed by atoms with Gasteiger partial charge in [0.2, 0.25) is 5.91 Å². The Hall–Kier alpha value is -9.34. The van der Waals surface area contributed by atoms with Crippen LogP contribution in [0, 0.1) is 83.4 Å². The largest absolute Gasteiger partial charge is 0.481 e. The van der Waals surface area contributed by atoms with Crippen LogP contribution < -0.4 is 22.5 Å². The van der Waals surface area contributed by atoms with Gasteiger partial charge in [-0.05, 0) is 85.3 Å². The first-order valence-electron chi connectivity index (χ1n) is 22.9. The van der Waals surface area contributed by atoms with Crippen LogP contribution in [0.2, 0.25) is 0 Å². The molecule has 0 radical (unpaired) electrons. The fraction of sp³-hybridized carbons (Fsp3) is 0.296. The van der Waals surface area contributed by atoms with Gasteiger partial charge in [-0.15, -0.1) is 12.3 Å². The number of nitrogens with two attached hydrogens (primary N) is 3. The molecule has 6 rings (SSSR count). The van der Waals surface area contributed by atoms with Gasteiger partial charge in [0.25, 0.3) is 0 Å². The minimum absolute atomic E-state index is 0.105. The number of nitrogens with one attached hydrogen (secondary N) is 1. The molecule has 6 aromatic rings. The molecule has 1 amide bonds. The normalized spacial score (nSPS) is 9.11. The number of aliphatic carboxylic acids is 1. The predicted molar refractivity (Wildman–Crippen MR) is 287 cm³/mol. The quantitative estimate of drug-likeness (QED) is 0.0474. The van der Waals surface area contributed by atoms with E-state index in [0.717, 1.165) is 72.2 Å². The summed E-state index contributed by atoms with van der Waals surface area (Å²) in [4.78, 5) is 54.1. The Balaban J connectivity index is 0.000000468. The van der Waals surface area contributed by atoms with Crippen LogP contribution >= 0.6 is 15.9 Å². The van der Waals surface area contributed by atoms with Gasteiger partial charge in [0.1, 0.15) is 27.8 Å². The van der Waals surface area contributed by atoms with E-state index in [1.165, 1.54) is 18.6 Å². The number of nitriles is 4. The molecule has 0 bridgehead atoms. The zero-order valence-electron chi connectivity index (χ0n) is 41.5. The molecule has 4 aromatic heterocycles. The van der Waals surface area contributed by atoms with Crippen LogP contribution in [0.5, 0.6) is 0 Å². The van der Waals surface area contributed by atoms with Crippen LogP contribution in [0.15, 0.2) is 103 Å². The molecular formula is C54H59BrN16O3. The second-order valence-electron chi connectivity index (χ2n) is 15.2. The van der Waals surface area contributed by atoms with Crippen LogP contribution in [0.3, 0.4) is 0 Å². The summed E-state index contributed by atoms with van der Waals surface area (Å²) in [6.45, 7) is 3.95. The Morgan fingerprint density at radius 1 is 0.595 bits per heavy atom. The molecule has 4 heterocycles. The van der Waals surface area contributed by atoms with Crippen molar-refractivity contribution in [3.8, 4) is 48.5 Å². The van der Waals surface area contributed by atoms with E-state index in [4.69, 9.17) is 49.8 Å².